The summed E-state index contributed by atoms with van der Waals surface area (Å²) in [5.41, 5.74) is 0. The maximum atomic E-state index is 9.61. The maximum absolute atomic E-state index is 9.61. The Balaban J connectivity index is 1.95. The zero-order valence-electron chi connectivity index (χ0n) is 9.73. The molecule has 0 radical (unpaired) electrons. The predicted octanol–water partition coefficient (Wildman–Crippen LogP) is 3.27. The topological polar surface area (TPSA) is 32.7 Å². The van der Waals surface area contributed by atoms with E-state index in [1.54, 1.807) is 25.1 Å². The first kappa shape index (κ1) is 13.2. The van der Waals surface area contributed by atoms with Crippen LogP contribution in [0.5, 0.6) is 5.75 Å². The van der Waals surface area contributed by atoms with Gasteiger partial charge in [-0.15, -0.1) is 0 Å². The SMILES string of the molecule is COC1CCN(Sc2cccc(O)c2Br)CC1. The van der Waals surface area contributed by atoms with Crippen molar-refractivity contribution >= 4 is 27.9 Å². The largest absolute Gasteiger partial charge is 0.507 e. The van der Waals surface area contributed by atoms with Gasteiger partial charge in [-0.25, -0.2) is 4.31 Å². The Bertz CT molecular complexity index is 381. The summed E-state index contributed by atoms with van der Waals surface area (Å²) in [5.74, 6) is 0.293. The third kappa shape index (κ3) is 3.37. The lowest BCUT2D eigenvalue weighted by molar-refractivity contribution is 0.0624. The van der Waals surface area contributed by atoms with Gasteiger partial charge in [0.15, 0.2) is 0 Å². The molecule has 0 bridgehead atoms. The normalized spacial score (nSPS) is 18.5. The lowest BCUT2D eigenvalue weighted by Crippen LogP contribution is -2.32. The highest BCUT2D eigenvalue weighted by atomic mass is 79.9. The number of rotatable bonds is 3. The van der Waals surface area contributed by atoms with E-state index in [4.69, 9.17) is 4.74 Å². The predicted molar refractivity (Wildman–Crippen MR) is 73.3 cm³/mol. The van der Waals surface area contributed by atoms with Crippen LogP contribution < -0.4 is 0 Å². The van der Waals surface area contributed by atoms with E-state index in [9.17, 15) is 5.11 Å². The molecule has 0 spiro atoms. The number of phenols is 1. The van der Waals surface area contributed by atoms with Gasteiger partial charge in [0.05, 0.1) is 10.6 Å². The van der Waals surface area contributed by atoms with Gasteiger partial charge >= 0.3 is 0 Å². The van der Waals surface area contributed by atoms with Crippen LogP contribution in [0.2, 0.25) is 0 Å². The summed E-state index contributed by atoms with van der Waals surface area (Å²) in [4.78, 5) is 1.06. The summed E-state index contributed by atoms with van der Waals surface area (Å²) in [7, 11) is 1.78. The average Bonchev–Trinajstić information content (AvgIpc) is 2.36. The van der Waals surface area contributed by atoms with Crippen LogP contribution in [0.3, 0.4) is 0 Å². The fourth-order valence-corrected chi connectivity index (χ4v) is 3.35. The Kier molecular flexibility index (Phi) is 4.73. The highest BCUT2D eigenvalue weighted by Crippen LogP contribution is 2.36. The number of methoxy groups -OCH3 is 1. The number of ether oxygens (including phenoxy) is 1. The Morgan fingerprint density at radius 1 is 1.41 bits per heavy atom. The summed E-state index contributed by atoms with van der Waals surface area (Å²) in [6.45, 7) is 2.04. The minimum absolute atomic E-state index is 0.293. The summed E-state index contributed by atoms with van der Waals surface area (Å²) in [6.07, 6.45) is 2.54. The number of halogens is 1. The molecule has 1 saturated heterocycles. The van der Waals surface area contributed by atoms with Crippen molar-refractivity contribution in [3.05, 3.63) is 22.7 Å². The van der Waals surface area contributed by atoms with E-state index >= 15 is 0 Å². The molecule has 1 aromatic carbocycles. The average molecular weight is 318 g/mol. The zero-order chi connectivity index (χ0) is 12.3. The third-order valence-electron chi connectivity index (χ3n) is 2.90. The standard InChI is InChI=1S/C12H16BrNO2S/c1-16-9-5-7-14(8-6-9)17-11-4-2-3-10(15)12(11)13/h2-4,9,15H,5-8H2,1H3. The second kappa shape index (κ2) is 6.09. The van der Waals surface area contributed by atoms with Gasteiger partial charge in [-0.2, -0.15) is 0 Å². The number of benzene rings is 1. The van der Waals surface area contributed by atoms with Crippen molar-refractivity contribution in [3.8, 4) is 5.75 Å². The van der Waals surface area contributed by atoms with Crippen LogP contribution >= 0.6 is 27.9 Å². The smallest absolute Gasteiger partial charge is 0.130 e. The molecule has 2 rings (SSSR count). The number of aromatic hydroxyl groups is 1. The Morgan fingerprint density at radius 2 is 2.12 bits per heavy atom. The molecule has 1 fully saturated rings. The monoisotopic (exact) mass is 317 g/mol. The van der Waals surface area contributed by atoms with E-state index in [-0.39, 0.29) is 0 Å². The van der Waals surface area contributed by atoms with Gasteiger partial charge in [-0.1, -0.05) is 6.07 Å². The molecule has 5 heteroatoms. The second-order valence-electron chi connectivity index (χ2n) is 4.04. The summed E-state index contributed by atoms with van der Waals surface area (Å²) in [6, 6.07) is 5.56. The minimum Gasteiger partial charge on any atom is -0.507 e. The molecule has 1 heterocycles. The van der Waals surface area contributed by atoms with Gasteiger partial charge in [-0.3, -0.25) is 0 Å². The van der Waals surface area contributed by atoms with Crippen molar-refractivity contribution in [1.29, 1.82) is 0 Å². The van der Waals surface area contributed by atoms with Crippen molar-refractivity contribution < 1.29 is 9.84 Å². The van der Waals surface area contributed by atoms with Crippen molar-refractivity contribution in [1.82, 2.24) is 4.31 Å². The molecule has 1 N–H and O–H groups in total. The van der Waals surface area contributed by atoms with Crippen LogP contribution in [0.25, 0.3) is 0 Å². The molecule has 0 atom stereocenters. The fourth-order valence-electron chi connectivity index (χ4n) is 1.87. The molecular formula is C12H16BrNO2S. The van der Waals surface area contributed by atoms with Crippen LogP contribution in [-0.2, 0) is 4.74 Å². The Labute approximate surface area is 114 Å². The Morgan fingerprint density at radius 3 is 2.76 bits per heavy atom. The quantitative estimate of drug-likeness (QED) is 0.867. The van der Waals surface area contributed by atoms with Gasteiger partial charge in [-0.05, 0) is 52.9 Å². The highest BCUT2D eigenvalue weighted by molar-refractivity contribution is 9.10. The molecule has 94 valence electrons. The van der Waals surface area contributed by atoms with Gasteiger partial charge < -0.3 is 9.84 Å². The number of phenolic OH excluding ortho intramolecular Hbond substituents is 1. The van der Waals surface area contributed by atoms with Crippen LogP contribution in [0.1, 0.15) is 12.8 Å². The van der Waals surface area contributed by atoms with E-state index in [0.29, 0.717) is 11.9 Å². The molecule has 0 amide bonds. The van der Waals surface area contributed by atoms with Crippen molar-refractivity contribution in [2.45, 2.75) is 23.8 Å². The van der Waals surface area contributed by atoms with E-state index in [1.807, 2.05) is 12.1 Å². The lowest BCUT2D eigenvalue weighted by Gasteiger charge is -2.30. The molecule has 0 aliphatic carbocycles. The van der Waals surface area contributed by atoms with Gasteiger partial charge in [0.25, 0.3) is 0 Å². The molecular weight excluding hydrogens is 302 g/mol. The van der Waals surface area contributed by atoms with Crippen LogP contribution in [-0.4, -0.2) is 35.7 Å². The molecule has 3 nitrogen and oxygen atoms in total. The highest BCUT2D eigenvalue weighted by Gasteiger charge is 2.20. The van der Waals surface area contributed by atoms with Gasteiger partial charge in [0.1, 0.15) is 5.75 Å². The molecule has 1 aliphatic heterocycles. The summed E-state index contributed by atoms with van der Waals surface area (Å²) in [5, 5.41) is 9.61. The first-order valence-electron chi connectivity index (χ1n) is 5.64. The summed E-state index contributed by atoms with van der Waals surface area (Å²) >= 11 is 5.10. The lowest BCUT2D eigenvalue weighted by atomic mass is 10.1. The van der Waals surface area contributed by atoms with E-state index < -0.39 is 0 Å². The molecule has 0 unspecified atom stereocenters. The third-order valence-corrected chi connectivity index (χ3v) is 5.16. The molecule has 1 aromatic rings. The van der Waals surface area contributed by atoms with Gasteiger partial charge in [0.2, 0.25) is 0 Å². The first-order valence-corrected chi connectivity index (χ1v) is 7.20. The van der Waals surface area contributed by atoms with Gasteiger partial charge in [0, 0.05) is 25.1 Å². The van der Waals surface area contributed by atoms with E-state index in [2.05, 4.69) is 20.2 Å². The molecule has 0 saturated carbocycles. The van der Waals surface area contributed by atoms with Crippen molar-refractivity contribution in [3.63, 3.8) is 0 Å². The van der Waals surface area contributed by atoms with Crippen LogP contribution in [0.15, 0.2) is 27.6 Å². The minimum atomic E-state index is 0.293. The number of hydrogen-bond acceptors (Lipinski definition) is 4. The number of piperidine rings is 1. The number of hydrogen-bond donors (Lipinski definition) is 1. The van der Waals surface area contributed by atoms with Crippen LogP contribution in [0.4, 0.5) is 0 Å². The van der Waals surface area contributed by atoms with Crippen LogP contribution in [0, 0.1) is 0 Å². The zero-order valence-corrected chi connectivity index (χ0v) is 12.1. The van der Waals surface area contributed by atoms with Crippen molar-refractivity contribution in [2.24, 2.45) is 0 Å². The first-order chi connectivity index (χ1) is 8.20. The molecule has 1 aliphatic rings. The fraction of sp³-hybridized carbons (Fsp3) is 0.500. The van der Waals surface area contributed by atoms with E-state index in [1.165, 1.54) is 0 Å². The summed E-state index contributed by atoms with van der Waals surface area (Å²) < 4.78 is 8.44. The molecule has 17 heavy (non-hydrogen) atoms. The van der Waals surface area contributed by atoms with E-state index in [0.717, 1.165) is 35.3 Å². The Hall–Kier alpha value is -0.230. The maximum Gasteiger partial charge on any atom is 0.130 e. The van der Waals surface area contributed by atoms with Crippen molar-refractivity contribution in [2.75, 3.05) is 20.2 Å². The molecule has 0 aromatic heterocycles. The number of nitrogens with zero attached hydrogens (tertiary/aromatic N) is 1. The second-order valence-corrected chi connectivity index (χ2v) is 5.98.